The first-order chi connectivity index (χ1) is 9.33. The Morgan fingerprint density at radius 2 is 1.95 bits per heavy atom. The summed E-state index contributed by atoms with van der Waals surface area (Å²) in [7, 11) is 0. The summed E-state index contributed by atoms with van der Waals surface area (Å²) >= 11 is 0. The molecule has 2 aromatic rings. The number of carbonyl (C=O) groups excluding carboxylic acids is 1. The number of hydrogen-bond acceptors (Lipinski definition) is 3. The number of anilines is 1. The van der Waals surface area contributed by atoms with Gasteiger partial charge in [0.25, 0.3) is 0 Å². The van der Waals surface area contributed by atoms with Crippen molar-refractivity contribution < 1.29 is 4.79 Å². The van der Waals surface area contributed by atoms with E-state index in [0.717, 1.165) is 24.6 Å². The highest BCUT2D eigenvalue weighted by molar-refractivity contribution is 5.85. The third kappa shape index (κ3) is 4.12. The molecule has 0 radical (unpaired) electrons. The van der Waals surface area contributed by atoms with E-state index in [1.807, 2.05) is 41.4 Å². The van der Waals surface area contributed by atoms with Crippen molar-refractivity contribution in [3.8, 4) is 0 Å². The molecule has 0 saturated heterocycles. The molecule has 1 aromatic carbocycles. The lowest BCUT2D eigenvalue weighted by Gasteiger charge is -2.27. The molecule has 1 aromatic heterocycles. The molecule has 3 rings (SSSR count). The summed E-state index contributed by atoms with van der Waals surface area (Å²) in [5, 5.41) is 3.14. The molecule has 0 bridgehead atoms. The number of nitrogens with zero attached hydrogens (tertiary/aromatic N) is 3. The van der Waals surface area contributed by atoms with Crippen molar-refractivity contribution in [3.05, 3.63) is 48.5 Å². The molecule has 0 spiro atoms. The van der Waals surface area contributed by atoms with Crippen LogP contribution >= 0.6 is 24.8 Å². The maximum Gasteiger partial charge on any atom is 0.242 e. The Kier molecular flexibility index (Phi) is 6.52. The van der Waals surface area contributed by atoms with Gasteiger partial charge in [0.05, 0.1) is 13.1 Å². The molecule has 7 heteroatoms. The van der Waals surface area contributed by atoms with Crippen LogP contribution < -0.4 is 5.32 Å². The second-order valence-corrected chi connectivity index (χ2v) is 4.57. The van der Waals surface area contributed by atoms with Crippen molar-refractivity contribution >= 4 is 36.4 Å². The predicted molar refractivity (Wildman–Crippen MR) is 87.1 cm³/mol. The molecule has 5 nitrogen and oxygen atoms in total. The van der Waals surface area contributed by atoms with E-state index in [9.17, 15) is 4.79 Å². The van der Waals surface area contributed by atoms with Gasteiger partial charge in [-0.3, -0.25) is 4.79 Å². The third-order valence-electron chi connectivity index (χ3n) is 3.32. The number of carbonyl (C=O) groups is 1. The fourth-order valence-corrected chi connectivity index (χ4v) is 2.23. The number of hydrogen-bond donors (Lipinski definition) is 1. The number of benzene rings is 1. The van der Waals surface area contributed by atoms with Gasteiger partial charge in [0.1, 0.15) is 5.82 Å². The molecule has 21 heavy (non-hydrogen) atoms. The normalized spacial score (nSPS) is 12.7. The number of amides is 1. The number of imidazole rings is 1. The van der Waals surface area contributed by atoms with E-state index < -0.39 is 0 Å². The summed E-state index contributed by atoms with van der Waals surface area (Å²) in [6, 6.07) is 9.76. The van der Waals surface area contributed by atoms with E-state index in [4.69, 9.17) is 0 Å². The highest BCUT2D eigenvalue weighted by atomic mass is 35.5. The van der Waals surface area contributed by atoms with Crippen molar-refractivity contribution in [3.63, 3.8) is 0 Å². The first-order valence-corrected chi connectivity index (χ1v) is 6.39. The largest absolute Gasteiger partial charge is 0.376 e. The van der Waals surface area contributed by atoms with Crippen LogP contribution in [0.25, 0.3) is 0 Å². The van der Waals surface area contributed by atoms with Crippen LogP contribution in [0.3, 0.4) is 0 Å². The zero-order chi connectivity index (χ0) is 13.1. The summed E-state index contributed by atoms with van der Waals surface area (Å²) in [4.78, 5) is 18.2. The van der Waals surface area contributed by atoms with Crippen LogP contribution in [-0.4, -0.2) is 33.4 Å². The van der Waals surface area contributed by atoms with Crippen molar-refractivity contribution in [1.29, 1.82) is 0 Å². The number of halogens is 2. The smallest absolute Gasteiger partial charge is 0.242 e. The van der Waals surface area contributed by atoms with E-state index in [1.165, 1.54) is 0 Å². The molecule has 1 N–H and O–H groups in total. The Labute approximate surface area is 136 Å². The molecule has 1 aliphatic rings. The molecular weight excluding hydrogens is 311 g/mol. The van der Waals surface area contributed by atoms with Crippen molar-refractivity contribution in [2.24, 2.45) is 0 Å². The zero-order valence-electron chi connectivity index (χ0n) is 11.4. The van der Waals surface area contributed by atoms with Crippen molar-refractivity contribution in [2.75, 3.05) is 18.4 Å². The minimum atomic E-state index is 0. The molecule has 0 unspecified atom stereocenters. The van der Waals surface area contributed by atoms with E-state index in [-0.39, 0.29) is 30.7 Å². The summed E-state index contributed by atoms with van der Waals surface area (Å²) < 4.78 is 2.09. The minimum absolute atomic E-state index is 0. The van der Waals surface area contributed by atoms with Gasteiger partial charge < -0.3 is 14.8 Å². The average Bonchev–Trinajstić information content (AvgIpc) is 2.93. The first-order valence-electron chi connectivity index (χ1n) is 6.39. The Hall–Kier alpha value is -1.72. The molecule has 1 amide bonds. The van der Waals surface area contributed by atoms with E-state index in [2.05, 4.69) is 14.9 Å². The maximum atomic E-state index is 12.1. The third-order valence-corrected chi connectivity index (χ3v) is 3.32. The van der Waals surface area contributed by atoms with E-state index in [0.29, 0.717) is 13.1 Å². The van der Waals surface area contributed by atoms with Crippen molar-refractivity contribution in [2.45, 2.75) is 13.1 Å². The number of rotatable bonds is 3. The fourth-order valence-electron chi connectivity index (χ4n) is 2.23. The summed E-state index contributed by atoms with van der Waals surface area (Å²) in [5.74, 6) is 1.07. The van der Waals surface area contributed by atoms with Gasteiger partial charge in [-0.25, -0.2) is 4.98 Å². The lowest BCUT2D eigenvalue weighted by atomic mass is 10.3. The quantitative estimate of drug-likeness (QED) is 0.939. The second-order valence-electron chi connectivity index (χ2n) is 4.57. The predicted octanol–water partition coefficient (Wildman–Crippen LogP) is 2.18. The number of nitrogens with one attached hydrogen (secondary N) is 1. The Morgan fingerprint density at radius 3 is 2.71 bits per heavy atom. The molecule has 114 valence electrons. The standard InChI is InChI=1S/C14H16N4O.2ClH/c19-14(10-16-12-4-2-1-3-5-12)18-9-8-17-7-6-15-13(17)11-18;;/h1-7,16H,8-11H2;2*1H. The summed E-state index contributed by atoms with van der Waals surface area (Å²) in [5.41, 5.74) is 0.967. The lowest BCUT2D eigenvalue weighted by molar-refractivity contribution is -0.130. The van der Waals surface area contributed by atoms with Crippen LogP contribution in [0.4, 0.5) is 5.69 Å². The second kappa shape index (κ2) is 7.90. The van der Waals surface area contributed by atoms with Crippen LogP contribution in [0, 0.1) is 0 Å². The Bertz CT molecular complexity index is 573. The maximum absolute atomic E-state index is 12.1. The molecule has 0 saturated carbocycles. The molecule has 0 fully saturated rings. The highest BCUT2D eigenvalue weighted by Crippen LogP contribution is 2.11. The minimum Gasteiger partial charge on any atom is -0.376 e. The topological polar surface area (TPSA) is 50.2 Å². The molecule has 2 heterocycles. The van der Waals surface area contributed by atoms with Gasteiger partial charge in [-0.1, -0.05) is 18.2 Å². The van der Waals surface area contributed by atoms with Gasteiger partial charge in [0, 0.05) is 31.2 Å². The molecule has 0 atom stereocenters. The van der Waals surface area contributed by atoms with E-state index >= 15 is 0 Å². The molecular formula is C14H18Cl2N4O. The van der Waals surface area contributed by atoms with Gasteiger partial charge in [0.2, 0.25) is 5.91 Å². The van der Waals surface area contributed by atoms with Crippen LogP contribution in [0.5, 0.6) is 0 Å². The molecule has 1 aliphatic heterocycles. The van der Waals surface area contributed by atoms with Gasteiger partial charge in [-0.05, 0) is 12.1 Å². The van der Waals surface area contributed by atoms with Crippen LogP contribution in [0.2, 0.25) is 0 Å². The summed E-state index contributed by atoms with van der Waals surface area (Å²) in [6.07, 6.45) is 3.74. The first kappa shape index (κ1) is 17.3. The van der Waals surface area contributed by atoms with Gasteiger partial charge in [0.15, 0.2) is 0 Å². The van der Waals surface area contributed by atoms with E-state index in [1.54, 1.807) is 6.20 Å². The van der Waals surface area contributed by atoms with Gasteiger partial charge in [-0.15, -0.1) is 24.8 Å². The Balaban J connectivity index is 0.00000110. The van der Waals surface area contributed by atoms with Crippen molar-refractivity contribution in [1.82, 2.24) is 14.5 Å². The average molecular weight is 329 g/mol. The van der Waals surface area contributed by atoms with Crippen LogP contribution in [-0.2, 0) is 17.9 Å². The molecule has 0 aliphatic carbocycles. The monoisotopic (exact) mass is 328 g/mol. The lowest BCUT2D eigenvalue weighted by Crippen LogP contribution is -2.41. The van der Waals surface area contributed by atoms with Gasteiger partial charge >= 0.3 is 0 Å². The SMILES string of the molecule is Cl.Cl.O=C(CNc1ccccc1)N1CCn2ccnc2C1. The zero-order valence-corrected chi connectivity index (χ0v) is 13.1. The summed E-state index contributed by atoms with van der Waals surface area (Å²) in [6.45, 7) is 2.50. The Morgan fingerprint density at radius 1 is 1.19 bits per heavy atom. The number of aromatic nitrogens is 2. The number of fused-ring (bicyclic) bond motifs is 1. The highest BCUT2D eigenvalue weighted by Gasteiger charge is 2.20. The van der Waals surface area contributed by atoms with Gasteiger partial charge in [-0.2, -0.15) is 0 Å². The van der Waals surface area contributed by atoms with Crippen LogP contribution in [0.1, 0.15) is 5.82 Å². The number of para-hydroxylation sites is 1. The van der Waals surface area contributed by atoms with Crippen LogP contribution in [0.15, 0.2) is 42.7 Å². The fraction of sp³-hybridized carbons (Fsp3) is 0.286.